The van der Waals surface area contributed by atoms with Gasteiger partial charge in [0.2, 0.25) is 15.2 Å². The maximum atomic E-state index is 12.8. The van der Waals surface area contributed by atoms with Crippen LogP contribution in [0.3, 0.4) is 0 Å². The number of rotatable bonds is 6. The molecule has 0 amide bonds. The van der Waals surface area contributed by atoms with Crippen LogP contribution in [0.25, 0.3) is 0 Å². The van der Waals surface area contributed by atoms with E-state index in [9.17, 15) is 12.8 Å². The Morgan fingerprint density at radius 1 is 1.25 bits per heavy atom. The molecule has 0 aliphatic carbocycles. The fourth-order valence-electron chi connectivity index (χ4n) is 1.60. The van der Waals surface area contributed by atoms with E-state index in [-0.39, 0.29) is 16.7 Å². The van der Waals surface area contributed by atoms with Gasteiger partial charge < -0.3 is 0 Å². The van der Waals surface area contributed by atoms with Gasteiger partial charge in [-0.15, -0.1) is 10.2 Å². The van der Waals surface area contributed by atoms with Gasteiger partial charge in [0.15, 0.2) is 0 Å². The van der Waals surface area contributed by atoms with E-state index >= 15 is 0 Å². The van der Waals surface area contributed by atoms with E-state index in [1.54, 1.807) is 19.1 Å². The average Bonchev–Trinajstić information content (AvgIpc) is 2.78. The standard InChI is InChI=1S/C12H14FN3O2S2/c1-2-7-20(17,18)16-12-15-14-11(19-12)8-9-3-5-10(13)6-4-9/h3-6H,2,7-8H2,1H3,(H,15,16). The van der Waals surface area contributed by atoms with Gasteiger partial charge in [0.1, 0.15) is 10.8 Å². The third-order valence-corrected chi connectivity index (χ3v) is 4.87. The Balaban J connectivity index is 2.04. The molecule has 0 bridgehead atoms. The molecule has 0 fully saturated rings. The molecule has 0 aliphatic rings. The predicted octanol–water partition coefficient (Wildman–Crippen LogP) is 2.42. The van der Waals surface area contributed by atoms with Gasteiger partial charge in [-0.3, -0.25) is 4.72 Å². The van der Waals surface area contributed by atoms with Crippen molar-refractivity contribution >= 4 is 26.5 Å². The van der Waals surface area contributed by atoms with E-state index in [1.165, 1.54) is 23.5 Å². The van der Waals surface area contributed by atoms with Crippen LogP contribution in [-0.2, 0) is 16.4 Å². The molecule has 1 aromatic carbocycles. The molecule has 0 atom stereocenters. The minimum Gasteiger partial charge on any atom is -0.257 e. The van der Waals surface area contributed by atoms with E-state index in [1.807, 2.05) is 0 Å². The van der Waals surface area contributed by atoms with Gasteiger partial charge in [-0.2, -0.15) is 0 Å². The zero-order valence-corrected chi connectivity index (χ0v) is 12.5. The third-order valence-electron chi connectivity index (χ3n) is 2.45. The molecule has 0 radical (unpaired) electrons. The molecule has 2 rings (SSSR count). The Labute approximate surface area is 120 Å². The molecule has 2 aromatic rings. The zero-order valence-electron chi connectivity index (χ0n) is 10.8. The highest BCUT2D eigenvalue weighted by molar-refractivity contribution is 7.92. The quantitative estimate of drug-likeness (QED) is 0.888. The summed E-state index contributed by atoms with van der Waals surface area (Å²) >= 11 is 1.18. The van der Waals surface area contributed by atoms with Crippen molar-refractivity contribution in [1.29, 1.82) is 0 Å². The van der Waals surface area contributed by atoms with E-state index in [4.69, 9.17) is 0 Å². The summed E-state index contributed by atoms with van der Waals surface area (Å²) in [5, 5.41) is 8.66. The van der Waals surface area contributed by atoms with Crippen molar-refractivity contribution in [2.45, 2.75) is 19.8 Å². The molecule has 108 valence electrons. The zero-order chi connectivity index (χ0) is 14.6. The highest BCUT2D eigenvalue weighted by Gasteiger charge is 2.13. The van der Waals surface area contributed by atoms with E-state index in [0.717, 1.165) is 5.56 Å². The van der Waals surface area contributed by atoms with Crippen molar-refractivity contribution in [3.05, 3.63) is 40.7 Å². The van der Waals surface area contributed by atoms with Gasteiger partial charge >= 0.3 is 0 Å². The van der Waals surface area contributed by atoms with Crippen molar-refractivity contribution < 1.29 is 12.8 Å². The van der Waals surface area contributed by atoms with Crippen molar-refractivity contribution in [3.63, 3.8) is 0 Å². The SMILES string of the molecule is CCCS(=O)(=O)Nc1nnc(Cc2ccc(F)cc2)s1. The molecule has 0 aliphatic heterocycles. The van der Waals surface area contributed by atoms with Crippen LogP contribution >= 0.6 is 11.3 Å². The number of benzene rings is 1. The van der Waals surface area contributed by atoms with E-state index in [0.29, 0.717) is 17.8 Å². The molecular formula is C12H14FN3O2S2. The third kappa shape index (κ3) is 4.24. The lowest BCUT2D eigenvalue weighted by Gasteiger charge is -2.01. The van der Waals surface area contributed by atoms with Crippen LogP contribution in [0, 0.1) is 5.82 Å². The van der Waals surface area contributed by atoms with Gasteiger partial charge in [-0.1, -0.05) is 30.4 Å². The highest BCUT2D eigenvalue weighted by atomic mass is 32.2. The van der Waals surface area contributed by atoms with Gasteiger partial charge in [0.05, 0.1) is 5.75 Å². The molecule has 1 N–H and O–H groups in total. The Morgan fingerprint density at radius 3 is 2.60 bits per heavy atom. The van der Waals surface area contributed by atoms with Crippen LogP contribution in [0.2, 0.25) is 0 Å². The lowest BCUT2D eigenvalue weighted by molar-refractivity contribution is 0.599. The Kier molecular flexibility index (Phi) is 4.66. The molecule has 5 nitrogen and oxygen atoms in total. The number of hydrogen-bond donors (Lipinski definition) is 1. The molecule has 1 aromatic heterocycles. The van der Waals surface area contributed by atoms with Gasteiger partial charge in [0.25, 0.3) is 0 Å². The van der Waals surface area contributed by atoms with Crippen molar-refractivity contribution in [2.75, 3.05) is 10.5 Å². The smallest absolute Gasteiger partial charge is 0.234 e. The summed E-state index contributed by atoms with van der Waals surface area (Å²) in [6.45, 7) is 1.79. The minimum atomic E-state index is -3.34. The second-order valence-electron chi connectivity index (χ2n) is 4.23. The summed E-state index contributed by atoms with van der Waals surface area (Å²) in [6.07, 6.45) is 1.03. The molecular weight excluding hydrogens is 301 g/mol. The van der Waals surface area contributed by atoms with Crippen LogP contribution < -0.4 is 4.72 Å². The Hall–Kier alpha value is -1.54. The van der Waals surface area contributed by atoms with Crippen molar-refractivity contribution in [1.82, 2.24) is 10.2 Å². The fourth-order valence-corrected chi connectivity index (χ4v) is 3.72. The number of aromatic nitrogens is 2. The fraction of sp³-hybridized carbons (Fsp3) is 0.333. The molecule has 1 heterocycles. The molecule has 0 spiro atoms. The topological polar surface area (TPSA) is 72.0 Å². The number of halogens is 1. The van der Waals surface area contributed by atoms with Crippen LogP contribution in [0.15, 0.2) is 24.3 Å². The normalized spacial score (nSPS) is 11.5. The molecule has 20 heavy (non-hydrogen) atoms. The predicted molar refractivity (Wildman–Crippen MR) is 76.8 cm³/mol. The number of nitrogens with one attached hydrogen (secondary N) is 1. The lowest BCUT2D eigenvalue weighted by atomic mass is 10.2. The maximum Gasteiger partial charge on any atom is 0.234 e. The monoisotopic (exact) mass is 315 g/mol. The minimum absolute atomic E-state index is 0.0554. The number of sulfonamides is 1. The molecule has 0 saturated heterocycles. The number of hydrogen-bond acceptors (Lipinski definition) is 5. The largest absolute Gasteiger partial charge is 0.257 e. The average molecular weight is 315 g/mol. The second-order valence-corrected chi connectivity index (χ2v) is 7.13. The van der Waals surface area contributed by atoms with Gasteiger partial charge in [0, 0.05) is 6.42 Å². The molecule has 0 saturated carbocycles. The van der Waals surface area contributed by atoms with Crippen LogP contribution in [0.5, 0.6) is 0 Å². The summed E-state index contributed by atoms with van der Waals surface area (Å²) in [5.74, 6) is -0.237. The summed E-state index contributed by atoms with van der Waals surface area (Å²) in [4.78, 5) is 0. The first kappa shape index (κ1) is 14.9. The number of anilines is 1. The summed E-state index contributed by atoms with van der Waals surface area (Å²) in [6, 6.07) is 6.08. The Bertz CT molecular complexity index is 668. The van der Waals surface area contributed by atoms with Crippen LogP contribution in [0.1, 0.15) is 23.9 Å². The highest BCUT2D eigenvalue weighted by Crippen LogP contribution is 2.19. The van der Waals surface area contributed by atoms with Gasteiger partial charge in [-0.25, -0.2) is 12.8 Å². The first-order valence-corrected chi connectivity index (χ1v) is 8.52. The Morgan fingerprint density at radius 2 is 1.95 bits per heavy atom. The van der Waals surface area contributed by atoms with Crippen molar-refractivity contribution in [3.8, 4) is 0 Å². The van der Waals surface area contributed by atoms with E-state index in [2.05, 4.69) is 14.9 Å². The lowest BCUT2D eigenvalue weighted by Crippen LogP contribution is -2.15. The first-order valence-electron chi connectivity index (χ1n) is 6.06. The summed E-state index contributed by atoms with van der Waals surface area (Å²) < 4.78 is 38.4. The van der Waals surface area contributed by atoms with Gasteiger partial charge in [-0.05, 0) is 24.1 Å². The number of nitrogens with zero attached hydrogens (tertiary/aromatic N) is 2. The maximum absolute atomic E-state index is 12.8. The van der Waals surface area contributed by atoms with E-state index < -0.39 is 10.0 Å². The van der Waals surface area contributed by atoms with Crippen LogP contribution in [-0.4, -0.2) is 24.4 Å². The molecule has 8 heteroatoms. The summed E-state index contributed by atoms with van der Waals surface area (Å²) in [5.41, 5.74) is 0.894. The first-order chi connectivity index (χ1) is 9.48. The second kappa shape index (κ2) is 6.27. The summed E-state index contributed by atoms with van der Waals surface area (Å²) in [7, 11) is -3.34. The van der Waals surface area contributed by atoms with Crippen molar-refractivity contribution in [2.24, 2.45) is 0 Å². The molecule has 0 unspecified atom stereocenters. The van der Waals surface area contributed by atoms with Crippen LogP contribution in [0.4, 0.5) is 9.52 Å².